The molecule has 2 rings (SSSR count). The van der Waals surface area contributed by atoms with E-state index in [0.717, 1.165) is 16.0 Å². The Morgan fingerprint density at radius 3 is 2.22 bits per heavy atom. The Kier molecular flexibility index (Phi) is 3.77. The molecular weight excluding hydrogens is 239 g/mol. The standard InChI is InChI=1S/C16H17FSi/c1-3-12-18(17,13-4-2)16-11-7-9-14-8-5-6-10-15(14)16/h3-11H,1-2,12-13H2. The minimum atomic E-state index is -3.03. The summed E-state index contributed by atoms with van der Waals surface area (Å²) in [7, 11) is -3.03. The Hall–Kier alpha value is -1.67. The molecule has 2 aromatic rings. The number of hydrogen-bond acceptors (Lipinski definition) is 0. The van der Waals surface area contributed by atoms with Crippen LogP contribution in [-0.4, -0.2) is 8.41 Å². The highest BCUT2D eigenvalue weighted by Crippen LogP contribution is 2.23. The molecular formula is C16H17FSi. The summed E-state index contributed by atoms with van der Waals surface area (Å²) >= 11 is 0. The first-order valence-corrected chi connectivity index (χ1v) is 8.39. The highest BCUT2D eigenvalue weighted by Gasteiger charge is 2.35. The van der Waals surface area contributed by atoms with Gasteiger partial charge in [0.05, 0.1) is 0 Å². The molecule has 0 fully saturated rings. The average molecular weight is 256 g/mol. The Balaban J connectivity index is 2.63. The number of fused-ring (bicyclic) bond motifs is 1. The zero-order chi connectivity index (χ0) is 13.0. The zero-order valence-electron chi connectivity index (χ0n) is 10.4. The van der Waals surface area contributed by atoms with E-state index in [4.69, 9.17) is 0 Å². The molecule has 2 heteroatoms. The maximum atomic E-state index is 15.3. The van der Waals surface area contributed by atoms with Gasteiger partial charge in [0, 0.05) is 0 Å². The Bertz CT molecular complexity index is 559. The summed E-state index contributed by atoms with van der Waals surface area (Å²) in [6.45, 7) is 7.39. The molecule has 0 radical (unpaired) electrons. The fourth-order valence-corrected chi connectivity index (χ4v) is 5.00. The van der Waals surface area contributed by atoms with E-state index >= 15 is 4.11 Å². The minimum absolute atomic E-state index is 0.438. The first kappa shape index (κ1) is 12.8. The summed E-state index contributed by atoms with van der Waals surface area (Å²) in [6.07, 6.45) is 3.38. The lowest BCUT2D eigenvalue weighted by Gasteiger charge is -2.21. The van der Waals surface area contributed by atoms with Crippen LogP contribution in [0.1, 0.15) is 0 Å². The highest BCUT2D eigenvalue weighted by molar-refractivity contribution is 6.88. The second-order valence-corrected chi connectivity index (χ2v) is 7.76. The van der Waals surface area contributed by atoms with Crippen molar-refractivity contribution in [1.29, 1.82) is 0 Å². The van der Waals surface area contributed by atoms with E-state index in [1.165, 1.54) is 0 Å². The summed E-state index contributed by atoms with van der Waals surface area (Å²) in [5.41, 5.74) is 0. The topological polar surface area (TPSA) is 0 Å². The van der Waals surface area contributed by atoms with Gasteiger partial charge < -0.3 is 4.11 Å². The van der Waals surface area contributed by atoms with Crippen LogP contribution in [0.2, 0.25) is 12.1 Å². The van der Waals surface area contributed by atoms with Gasteiger partial charge >= 0.3 is 0 Å². The second-order valence-electron chi connectivity index (χ2n) is 4.48. The van der Waals surface area contributed by atoms with Gasteiger partial charge in [0.2, 0.25) is 0 Å². The number of allylic oxidation sites excluding steroid dienone is 2. The third kappa shape index (κ3) is 2.29. The molecule has 2 aromatic carbocycles. The SMILES string of the molecule is C=CC[Si](F)(CC=C)c1cccc2ccccc12. The summed E-state index contributed by atoms with van der Waals surface area (Å²) in [5, 5.41) is 2.98. The molecule has 18 heavy (non-hydrogen) atoms. The van der Waals surface area contributed by atoms with E-state index in [1.54, 1.807) is 12.2 Å². The van der Waals surface area contributed by atoms with E-state index < -0.39 is 8.41 Å². The van der Waals surface area contributed by atoms with Crippen molar-refractivity contribution in [2.45, 2.75) is 12.1 Å². The van der Waals surface area contributed by atoms with Gasteiger partial charge in [-0.1, -0.05) is 54.6 Å². The molecule has 0 atom stereocenters. The second kappa shape index (κ2) is 5.32. The molecule has 0 aliphatic rings. The molecule has 0 heterocycles. The van der Waals surface area contributed by atoms with Crippen LogP contribution in [0.3, 0.4) is 0 Å². The van der Waals surface area contributed by atoms with Crippen LogP contribution < -0.4 is 5.19 Å². The van der Waals surface area contributed by atoms with Crippen molar-refractivity contribution in [2.24, 2.45) is 0 Å². The molecule has 0 nitrogen and oxygen atoms in total. The predicted molar refractivity (Wildman–Crippen MR) is 80.5 cm³/mol. The van der Waals surface area contributed by atoms with Gasteiger partial charge in [-0.05, 0) is 28.0 Å². The third-order valence-corrected chi connectivity index (χ3v) is 6.48. The molecule has 0 aromatic heterocycles. The average Bonchev–Trinajstić information content (AvgIpc) is 2.38. The van der Waals surface area contributed by atoms with Gasteiger partial charge in [-0.3, -0.25) is 0 Å². The Morgan fingerprint density at radius 2 is 1.56 bits per heavy atom. The van der Waals surface area contributed by atoms with Crippen LogP contribution in [0.15, 0.2) is 67.8 Å². The van der Waals surface area contributed by atoms with Crippen LogP contribution in [-0.2, 0) is 0 Å². The van der Waals surface area contributed by atoms with Crippen LogP contribution in [0.25, 0.3) is 10.8 Å². The van der Waals surface area contributed by atoms with Gasteiger partial charge in [-0.15, -0.1) is 13.2 Å². The van der Waals surface area contributed by atoms with Gasteiger partial charge in [0.15, 0.2) is 0 Å². The number of rotatable bonds is 5. The predicted octanol–water partition coefficient (Wildman–Crippen LogP) is 4.33. The molecule has 0 amide bonds. The number of halogens is 1. The van der Waals surface area contributed by atoms with E-state index in [9.17, 15) is 0 Å². The molecule has 0 N–H and O–H groups in total. The quantitative estimate of drug-likeness (QED) is 0.424. The van der Waals surface area contributed by atoms with Crippen molar-refractivity contribution in [3.8, 4) is 0 Å². The third-order valence-electron chi connectivity index (χ3n) is 3.21. The largest absolute Gasteiger partial charge is 0.307 e. The lowest BCUT2D eigenvalue weighted by Crippen LogP contribution is -2.42. The summed E-state index contributed by atoms with van der Waals surface area (Å²) in [4.78, 5) is 0. The molecule has 0 saturated heterocycles. The van der Waals surface area contributed by atoms with Crippen molar-refractivity contribution in [3.05, 3.63) is 67.8 Å². The van der Waals surface area contributed by atoms with Gasteiger partial charge in [-0.2, -0.15) is 0 Å². The molecule has 0 saturated carbocycles. The summed E-state index contributed by atoms with van der Waals surface area (Å²) < 4.78 is 15.3. The lowest BCUT2D eigenvalue weighted by atomic mass is 10.1. The Labute approximate surface area is 109 Å². The Morgan fingerprint density at radius 1 is 0.944 bits per heavy atom. The van der Waals surface area contributed by atoms with E-state index in [2.05, 4.69) is 13.2 Å². The van der Waals surface area contributed by atoms with Crippen molar-refractivity contribution in [2.75, 3.05) is 0 Å². The molecule has 0 aliphatic carbocycles. The normalized spacial score (nSPS) is 11.4. The monoisotopic (exact) mass is 256 g/mol. The number of hydrogen-bond donors (Lipinski definition) is 0. The van der Waals surface area contributed by atoms with E-state index in [1.807, 2.05) is 42.5 Å². The van der Waals surface area contributed by atoms with E-state index in [-0.39, 0.29) is 0 Å². The maximum absolute atomic E-state index is 15.3. The van der Waals surface area contributed by atoms with Crippen LogP contribution in [0, 0.1) is 0 Å². The fraction of sp³-hybridized carbons (Fsp3) is 0.125. The fourth-order valence-electron chi connectivity index (χ4n) is 2.38. The minimum Gasteiger partial charge on any atom is -0.307 e. The lowest BCUT2D eigenvalue weighted by molar-refractivity contribution is 0.801. The summed E-state index contributed by atoms with van der Waals surface area (Å²) in [5.74, 6) is 0. The van der Waals surface area contributed by atoms with Crippen molar-refractivity contribution < 1.29 is 4.11 Å². The highest BCUT2D eigenvalue weighted by atomic mass is 28.4. The molecule has 92 valence electrons. The van der Waals surface area contributed by atoms with Crippen LogP contribution in [0.4, 0.5) is 4.11 Å². The maximum Gasteiger partial charge on any atom is 0.285 e. The van der Waals surface area contributed by atoms with Gasteiger partial charge in [-0.25, -0.2) is 0 Å². The first-order valence-electron chi connectivity index (χ1n) is 6.10. The van der Waals surface area contributed by atoms with Crippen molar-refractivity contribution in [3.63, 3.8) is 0 Å². The van der Waals surface area contributed by atoms with Gasteiger partial charge in [0.25, 0.3) is 8.41 Å². The molecule has 0 spiro atoms. The first-order chi connectivity index (χ1) is 8.71. The van der Waals surface area contributed by atoms with E-state index in [0.29, 0.717) is 12.1 Å². The van der Waals surface area contributed by atoms with Crippen LogP contribution >= 0.6 is 0 Å². The molecule has 0 bridgehead atoms. The smallest absolute Gasteiger partial charge is 0.285 e. The van der Waals surface area contributed by atoms with Gasteiger partial charge in [0.1, 0.15) is 0 Å². The summed E-state index contributed by atoms with van der Waals surface area (Å²) in [6, 6.07) is 14.7. The van der Waals surface area contributed by atoms with Crippen LogP contribution in [0.5, 0.6) is 0 Å². The zero-order valence-corrected chi connectivity index (χ0v) is 11.4. The number of benzene rings is 2. The van der Waals surface area contributed by atoms with Crippen molar-refractivity contribution >= 4 is 24.4 Å². The molecule has 0 unspecified atom stereocenters. The van der Waals surface area contributed by atoms with Crippen molar-refractivity contribution in [1.82, 2.24) is 0 Å². The molecule has 0 aliphatic heterocycles.